The van der Waals surface area contributed by atoms with Gasteiger partial charge in [-0.2, -0.15) is 0 Å². The number of esters is 2. The van der Waals surface area contributed by atoms with Crippen molar-refractivity contribution < 1.29 is 28.6 Å². The van der Waals surface area contributed by atoms with Crippen LogP contribution in [0.2, 0.25) is 0 Å². The molecule has 1 N–H and O–H groups in total. The van der Waals surface area contributed by atoms with Crippen LogP contribution in [0.1, 0.15) is 59.9 Å². The number of nitrogens with one attached hydrogen (secondary N) is 1. The van der Waals surface area contributed by atoms with Gasteiger partial charge in [0.15, 0.2) is 5.78 Å². The molecule has 0 radical (unpaired) electrons. The fraction of sp³-hybridized carbons (Fsp3) is 0.414. The van der Waals surface area contributed by atoms with Gasteiger partial charge < -0.3 is 19.5 Å². The molecule has 2 aliphatic rings. The standard InChI is InChI=1S/C29H33NO6S/c1-7-35-28(32)23-16(4)30-22-14-21(18-9-11-19(34-6)12-10-18)25(29(33)36-8-2)27(31)26(22)24(23)20-13-15(3)37-17(20)5/h9-13,21,24-25,30H,7-8,14H2,1-6H3. The van der Waals surface area contributed by atoms with Gasteiger partial charge in [0.05, 0.1) is 25.9 Å². The van der Waals surface area contributed by atoms with E-state index in [1.54, 1.807) is 32.3 Å². The molecule has 0 fully saturated rings. The van der Waals surface area contributed by atoms with Crippen molar-refractivity contribution in [2.45, 2.75) is 52.9 Å². The molecule has 1 aromatic carbocycles. The van der Waals surface area contributed by atoms with E-state index in [9.17, 15) is 14.4 Å². The van der Waals surface area contributed by atoms with E-state index in [1.807, 2.05) is 51.1 Å². The van der Waals surface area contributed by atoms with Crippen molar-refractivity contribution in [1.29, 1.82) is 0 Å². The normalized spacial score (nSPS) is 21.4. The molecule has 196 valence electrons. The summed E-state index contributed by atoms with van der Waals surface area (Å²) in [7, 11) is 1.59. The third kappa shape index (κ3) is 4.94. The number of carbonyl (C=O) groups excluding carboxylic acids is 3. The number of benzene rings is 1. The van der Waals surface area contributed by atoms with Crippen LogP contribution in [0.4, 0.5) is 0 Å². The smallest absolute Gasteiger partial charge is 0.336 e. The third-order valence-corrected chi connectivity index (χ3v) is 7.97. The Kier molecular flexibility index (Phi) is 7.87. The lowest BCUT2D eigenvalue weighted by atomic mass is 9.67. The van der Waals surface area contributed by atoms with E-state index < -0.39 is 29.7 Å². The van der Waals surface area contributed by atoms with Crippen LogP contribution in [-0.2, 0) is 23.9 Å². The number of allylic oxidation sites excluding steroid dienone is 3. The van der Waals surface area contributed by atoms with Gasteiger partial charge in [-0.25, -0.2) is 4.79 Å². The first kappa shape index (κ1) is 26.7. The molecule has 1 aromatic heterocycles. The van der Waals surface area contributed by atoms with Crippen molar-refractivity contribution >= 4 is 29.1 Å². The molecule has 2 heterocycles. The highest BCUT2D eigenvalue weighted by Gasteiger charge is 2.49. The maximum Gasteiger partial charge on any atom is 0.336 e. The number of hydrogen-bond acceptors (Lipinski definition) is 8. The zero-order valence-corrected chi connectivity index (χ0v) is 22.9. The van der Waals surface area contributed by atoms with Crippen molar-refractivity contribution in [1.82, 2.24) is 5.32 Å². The second-order valence-electron chi connectivity index (χ2n) is 9.26. The van der Waals surface area contributed by atoms with Crippen LogP contribution < -0.4 is 10.1 Å². The van der Waals surface area contributed by atoms with Gasteiger partial charge in [-0.05, 0) is 70.4 Å². The molecule has 8 heteroatoms. The Balaban J connectivity index is 1.89. The predicted octanol–water partition coefficient (Wildman–Crippen LogP) is 5.09. The van der Waals surface area contributed by atoms with Crippen LogP contribution in [0.25, 0.3) is 0 Å². The van der Waals surface area contributed by atoms with Crippen molar-refractivity contribution in [3.05, 3.63) is 73.8 Å². The predicted molar refractivity (Wildman–Crippen MR) is 142 cm³/mol. The number of ether oxygens (including phenoxy) is 3. The van der Waals surface area contributed by atoms with Crippen LogP contribution in [0.3, 0.4) is 0 Å². The lowest BCUT2D eigenvalue weighted by molar-refractivity contribution is -0.152. The van der Waals surface area contributed by atoms with Crippen LogP contribution in [0.15, 0.2) is 52.9 Å². The van der Waals surface area contributed by atoms with Crippen molar-refractivity contribution in [2.24, 2.45) is 5.92 Å². The number of methoxy groups -OCH3 is 1. The van der Waals surface area contributed by atoms with Gasteiger partial charge in [0.2, 0.25) is 0 Å². The molecule has 3 unspecified atom stereocenters. The molecular weight excluding hydrogens is 490 g/mol. The molecule has 0 amide bonds. The van der Waals surface area contributed by atoms with E-state index in [1.165, 1.54) is 0 Å². The maximum absolute atomic E-state index is 14.3. The maximum atomic E-state index is 14.3. The topological polar surface area (TPSA) is 90.9 Å². The summed E-state index contributed by atoms with van der Waals surface area (Å²) in [4.78, 5) is 42.9. The molecule has 3 atom stereocenters. The van der Waals surface area contributed by atoms with Gasteiger partial charge in [0.25, 0.3) is 0 Å². The van der Waals surface area contributed by atoms with Gasteiger partial charge in [0.1, 0.15) is 11.7 Å². The van der Waals surface area contributed by atoms with Crippen molar-refractivity contribution in [3.8, 4) is 5.75 Å². The first-order valence-corrected chi connectivity index (χ1v) is 13.3. The number of rotatable bonds is 7. The first-order chi connectivity index (χ1) is 17.7. The lowest BCUT2D eigenvalue weighted by Gasteiger charge is -2.39. The average molecular weight is 524 g/mol. The number of dihydropyridines is 1. The molecule has 0 spiro atoms. The van der Waals surface area contributed by atoms with E-state index in [4.69, 9.17) is 14.2 Å². The SMILES string of the molecule is CCOC(=O)C1=C(C)NC2=C(C(=O)C(C(=O)OCC)C(c3ccc(OC)cc3)C2)C1c1cc(C)sc1C. The number of thiophene rings is 1. The summed E-state index contributed by atoms with van der Waals surface area (Å²) in [6.45, 7) is 9.70. The van der Waals surface area contributed by atoms with Gasteiger partial charge in [-0.15, -0.1) is 11.3 Å². The Labute approximate surface area is 221 Å². The summed E-state index contributed by atoms with van der Waals surface area (Å²) >= 11 is 1.62. The largest absolute Gasteiger partial charge is 0.497 e. The van der Waals surface area contributed by atoms with Crippen LogP contribution >= 0.6 is 11.3 Å². The Bertz CT molecular complexity index is 1290. The fourth-order valence-electron chi connectivity index (χ4n) is 5.43. The molecular formula is C29H33NO6S. The van der Waals surface area contributed by atoms with Crippen LogP contribution in [-0.4, -0.2) is 38.0 Å². The van der Waals surface area contributed by atoms with E-state index in [0.717, 1.165) is 26.6 Å². The molecule has 4 rings (SSSR count). The summed E-state index contributed by atoms with van der Waals surface area (Å²) in [6, 6.07) is 9.44. The van der Waals surface area contributed by atoms with Gasteiger partial charge in [-0.3, -0.25) is 9.59 Å². The Morgan fingerprint density at radius 3 is 2.30 bits per heavy atom. The van der Waals surface area contributed by atoms with Gasteiger partial charge in [-0.1, -0.05) is 12.1 Å². The second kappa shape index (κ2) is 10.9. The minimum atomic E-state index is -1.03. The molecule has 1 aliphatic carbocycles. The van der Waals surface area contributed by atoms with E-state index >= 15 is 0 Å². The van der Waals surface area contributed by atoms with Crippen molar-refractivity contribution in [2.75, 3.05) is 20.3 Å². The molecule has 0 bridgehead atoms. The minimum Gasteiger partial charge on any atom is -0.497 e. The molecule has 7 nitrogen and oxygen atoms in total. The third-order valence-electron chi connectivity index (χ3n) is 6.99. The molecule has 37 heavy (non-hydrogen) atoms. The van der Waals surface area contributed by atoms with Gasteiger partial charge >= 0.3 is 11.9 Å². The Morgan fingerprint density at radius 2 is 1.73 bits per heavy atom. The Hall–Kier alpha value is -3.39. The monoisotopic (exact) mass is 523 g/mol. The number of Topliss-reactive ketones (excluding diaryl/α,β-unsaturated/α-hetero) is 1. The number of ketones is 1. The highest BCUT2D eigenvalue weighted by molar-refractivity contribution is 7.12. The molecule has 0 saturated carbocycles. The summed E-state index contributed by atoms with van der Waals surface area (Å²) in [5.41, 5.74) is 3.96. The number of carbonyl (C=O) groups is 3. The van der Waals surface area contributed by atoms with E-state index in [0.29, 0.717) is 29.0 Å². The number of aryl methyl sites for hydroxylation is 2. The van der Waals surface area contributed by atoms with E-state index in [-0.39, 0.29) is 19.0 Å². The van der Waals surface area contributed by atoms with Crippen LogP contribution in [0, 0.1) is 19.8 Å². The van der Waals surface area contributed by atoms with Gasteiger partial charge in [0, 0.05) is 38.6 Å². The van der Waals surface area contributed by atoms with Crippen molar-refractivity contribution in [3.63, 3.8) is 0 Å². The zero-order chi connectivity index (χ0) is 26.9. The quantitative estimate of drug-likeness (QED) is 0.399. The lowest BCUT2D eigenvalue weighted by Crippen LogP contribution is -2.43. The summed E-state index contributed by atoms with van der Waals surface area (Å²) in [5, 5.41) is 3.34. The second-order valence-corrected chi connectivity index (χ2v) is 10.7. The molecule has 0 saturated heterocycles. The summed E-state index contributed by atoms with van der Waals surface area (Å²) in [5.74, 6) is -2.73. The highest BCUT2D eigenvalue weighted by atomic mass is 32.1. The number of hydrogen-bond donors (Lipinski definition) is 1. The van der Waals surface area contributed by atoms with Crippen LogP contribution in [0.5, 0.6) is 5.75 Å². The Morgan fingerprint density at radius 1 is 1.05 bits per heavy atom. The summed E-state index contributed by atoms with van der Waals surface area (Å²) in [6.07, 6.45) is 0.420. The highest BCUT2D eigenvalue weighted by Crippen LogP contribution is 2.49. The molecule has 2 aromatic rings. The summed E-state index contributed by atoms with van der Waals surface area (Å²) < 4.78 is 16.1. The minimum absolute atomic E-state index is 0.168. The average Bonchev–Trinajstić information content (AvgIpc) is 3.20. The fourth-order valence-corrected chi connectivity index (χ4v) is 6.39. The zero-order valence-electron chi connectivity index (χ0n) is 22.1. The van der Waals surface area contributed by atoms with E-state index in [2.05, 4.69) is 5.32 Å². The first-order valence-electron chi connectivity index (χ1n) is 12.5. The molecule has 1 aliphatic heterocycles.